The number of unbranched alkanes of at least 4 members (excludes halogenated alkanes) is 16. The van der Waals surface area contributed by atoms with Crippen LogP contribution < -0.4 is 0 Å². The molecule has 212 valence electrons. The highest BCUT2D eigenvalue weighted by Crippen LogP contribution is 2.19. The van der Waals surface area contributed by atoms with E-state index >= 15 is 0 Å². The molecular formula is C33H60N4. The lowest BCUT2D eigenvalue weighted by atomic mass is 10.1. The Hall–Kier alpha value is -1.58. The van der Waals surface area contributed by atoms with Gasteiger partial charge >= 0.3 is 0 Å². The van der Waals surface area contributed by atoms with E-state index in [1.165, 1.54) is 150 Å². The predicted octanol–water partition coefficient (Wildman–Crippen LogP) is 9.99. The molecule has 0 amide bonds. The van der Waals surface area contributed by atoms with Crippen molar-refractivity contribution in [2.45, 2.75) is 175 Å². The van der Waals surface area contributed by atoms with E-state index in [9.17, 15) is 0 Å². The van der Waals surface area contributed by atoms with Crippen LogP contribution in [0.15, 0.2) is 0 Å². The Morgan fingerprint density at radius 2 is 0.757 bits per heavy atom. The van der Waals surface area contributed by atoms with E-state index in [1.807, 2.05) is 0 Å². The third kappa shape index (κ3) is 13.2. The van der Waals surface area contributed by atoms with Gasteiger partial charge in [0.2, 0.25) is 0 Å². The topological polar surface area (TPSA) is 57.4 Å². The molecular weight excluding hydrogens is 452 g/mol. The normalized spacial score (nSPS) is 11.6. The molecule has 0 radical (unpaired) electrons. The average molecular weight is 513 g/mol. The van der Waals surface area contributed by atoms with Gasteiger partial charge < -0.3 is 9.97 Å². The fourth-order valence-corrected chi connectivity index (χ4v) is 5.51. The first-order valence-corrected chi connectivity index (χ1v) is 16.3. The second-order valence-electron chi connectivity index (χ2n) is 11.3. The first kappa shape index (κ1) is 31.6. The smallest absolute Gasteiger partial charge is 0.106 e. The zero-order valence-electron chi connectivity index (χ0n) is 25.2. The monoisotopic (exact) mass is 512 g/mol. The van der Waals surface area contributed by atoms with Crippen LogP contribution in [0.2, 0.25) is 0 Å². The molecule has 0 unspecified atom stereocenters. The zero-order valence-corrected chi connectivity index (χ0v) is 25.2. The minimum atomic E-state index is 0.905. The molecule has 0 aliphatic carbocycles. The first-order valence-electron chi connectivity index (χ1n) is 16.3. The molecule has 4 heteroatoms. The number of aromatic amines is 2. The molecule has 2 aromatic rings. The lowest BCUT2D eigenvalue weighted by molar-refractivity contribution is 0.562. The lowest BCUT2D eigenvalue weighted by Gasteiger charge is -2.02. The number of H-pyrrole nitrogens is 2. The minimum absolute atomic E-state index is 0.905. The van der Waals surface area contributed by atoms with E-state index in [2.05, 4.69) is 37.7 Å². The highest BCUT2D eigenvalue weighted by atomic mass is 15.0. The number of nitrogens with one attached hydrogen (secondary N) is 2. The molecule has 0 spiro atoms. The molecule has 0 bridgehead atoms. The van der Waals surface area contributed by atoms with E-state index < -0.39 is 0 Å². The van der Waals surface area contributed by atoms with Crippen LogP contribution in [0.1, 0.15) is 178 Å². The van der Waals surface area contributed by atoms with Crippen molar-refractivity contribution in [3.63, 3.8) is 0 Å². The minimum Gasteiger partial charge on any atom is -0.345 e. The van der Waals surface area contributed by atoms with Crippen LogP contribution in [0.3, 0.4) is 0 Å². The molecule has 0 aromatic carbocycles. The van der Waals surface area contributed by atoms with Crippen LogP contribution in [-0.2, 0) is 32.1 Å². The van der Waals surface area contributed by atoms with Crippen molar-refractivity contribution in [1.29, 1.82) is 0 Å². The van der Waals surface area contributed by atoms with Crippen molar-refractivity contribution in [1.82, 2.24) is 19.9 Å². The van der Waals surface area contributed by atoms with Crippen molar-refractivity contribution < 1.29 is 0 Å². The Bertz CT molecular complexity index is 737. The van der Waals surface area contributed by atoms with Crippen molar-refractivity contribution in [3.05, 3.63) is 34.4 Å². The van der Waals surface area contributed by atoms with E-state index in [4.69, 9.17) is 9.97 Å². The van der Waals surface area contributed by atoms with Crippen molar-refractivity contribution in [3.8, 4) is 0 Å². The van der Waals surface area contributed by atoms with Gasteiger partial charge in [-0.2, -0.15) is 0 Å². The van der Waals surface area contributed by atoms with Crippen LogP contribution in [0.4, 0.5) is 0 Å². The van der Waals surface area contributed by atoms with Crippen LogP contribution in [-0.4, -0.2) is 19.9 Å². The third-order valence-electron chi connectivity index (χ3n) is 7.88. The number of hydrogen-bond acceptors (Lipinski definition) is 2. The molecule has 37 heavy (non-hydrogen) atoms. The molecule has 0 saturated heterocycles. The SMILES string of the molecule is CCCCCCCCCCCc1nc(CC)c(Cc2[nH]c(CCCCCCCCCCC)nc2CC)[nH]1. The van der Waals surface area contributed by atoms with Gasteiger partial charge in [-0.3, -0.25) is 0 Å². The number of nitrogens with zero attached hydrogens (tertiary/aromatic N) is 2. The van der Waals surface area contributed by atoms with Gasteiger partial charge in [0, 0.05) is 30.7 Å². The van der Waals surface area contributed by atoms with E-state index in [0.717, 1.165) is 32.1 Å². The second-order valence-corrected chi connectivity index (χ2v) is 11.3. The van der Waals surface area contributed by atoms with Gasteiger partial charge in [-0.25, -0.2) is 9.97 Å². The number of aryl methyl sites for hydroxylation is 4. The third-order valence-corrected chi connectivity index (χ3v) is 7.88. The molecule has 0 saturated carbocycles. The average Bonchev–Trinajstić information content (AvgIpc) is 3.49. The number of hydrogen-bond donors (Lipinski definition) is 2. The van der Waals surface area contributed by atoms with E-state index in [1.54, 1.807) is 0 Å². The van der Waals surface area contributed by atoms with Crippen LogP contribution in [0.5, 0.6) is 0 Å². The van der Waals surface area contributed by atoms with Crippen LogP contribution in [0.25, 0.3) is 0 Å². The summed E-state index contributed by atoms with van der Waals surface area (Å²) in [6, 6.07) is 0. The van der Waals surface area contributed by atoms with Crippen molar-refractivity contribution in [2.24, 2.45) is 0 Å². The molecule has 0 fully saturated rings. The van der Waals surface area contributed by atoms with Crippen molar-refractivity contribution in [2.75, 3.05) is 0 Å². The molecule has 2 rings (SSSR count). The summed E-state index contributed by atoms with van der Waals surface area (Å²) >= 11 is 0. The zero-order chi connectivity index (χ0) is 26.6. The summed E-state index contributed by atoms with van der Waals surface area (Å²) < 4.78 is 0. The maximum absolute atomic E-state index is 4.97. The van der Waals surface area contributed by atoms with E-state index in [-0.39, 0.29) is 0 Å². The summed E-state index contributed by atoms with van der Waals surface area (Å²) in [6.07, 6.45) is 29.7. The quantitative estimate of drug-likeness (QED) is 0.137. The van der Waals surface area contributed by atoms with Gasteiger partial charge in [-0.1, -0.05) is 130 Å². The van der Waals surface area contributed by atoms with Gasteiger partial charge in [0.1, 0.15) is 11.6 Å². The molecule has 0 atom stereocenters. The summed E-state index contributed by atoms with van der Waals surface area (Å²) in [5.74, 6) is 2.37. The molecule has 2 aromatic heterocycles. The first-order chi connectivity index (χ1) is 18.2. The van der Waals surface area contributed by atoms with Crippen LogP contribution >= 0.6 is 0 Å². The molecule has 4 nitrogen and oxygen atoms in total. The lowest BCUT2D eigenvalue weighted by Crippen LogP contribution is -1.98. The summed E-state index contributed by atoms with van der Waals surface area (Å²) in [4.78, 5) is 17.3. The van der Waals surface area contributed by atoms with E-state index in [0.29, 0.717) is 0 Å². The molecule has 0 aliphatic heterocycles. The molecule has 0 aliphatic rings. The largest absolute Gasteiger partial charge is 0.345 e. The Morgan fingerprint density at radius 3 is 1.08 bits per heavy atom. The summed E-state index contributed by atoms with van der Waals surface area (Å²) in [6.45, 7) is 9.03. The Kier molecular flexibility index (Phi) is 17.4. The number of imidazole rings is 2. The maximum Gasteiger partial charge on any atom is 0.106 e. The summed E-state index contributed by atoms with van der Waals surface area (Å²) in [5.41, 5.74) is 5.06. The highest BCUT2D eigenvalue weighted by molar-refractivity contribution is 5.25. The maximum atomic E-state index is 4.97. The van der Waals surface area contributed by atoms with Gasteiger partial charge in [0.05, 0.1) is 11.4 Å². The van der Waals surface area contributed by atoms with Crippen molar-refractivity contribution >= 4 is 0 Å². The highest BCUT2D eigenvalue weighted by Gasteiger charge is 2.14. The van der Waals surface area contributed by atoms with Gasteiger partial charge in [-0.15, -0.1) is 0 Å². The Balaban J connectivity index is 1.73. The molecule has 2 heterocycles. The van der Waals surface area contributed by atoms with Gasteiger partial charge in [0.15, 0.2) is 0 Å². The molecule has 2 N–H and O–H groups in total. The summed E-state index contributed by atoms with van der Waals surface area (Å²) in [7, 11) is 0. The Morgan fingerprint density at radius 1 is 0.432 bits per heavy atom. The number of rotatable bonds is 24. The summed E-state index contributed by atoms with van der Waals surface area (Å²) in [5, 5.41) is 0. The Labute approximate surface area is 229 Å². The van der Waals surface area contributed by atoms with Gasteiger partial charge in [0.25, 0.3) is 0 Å². The number of aromatic nitrogens is 4. The fraction of sp³-hybridized carbons (Fsp3) is 0.818. The predicted molar refractivity (Wildman–Crippen MR) is 161 cm³/mol. The second kappa shape index (κ2) is 20.4. The standard InChI is InChI=1S/C33H60N4/c1-5-9-11-13-15-17-19-21-23-25-32-34-28(7-3)30(36-32)27-31-29(8-4)35-33(37-31)26-24-22-20-18-16-14-12-10-6-2/h5-27H2,1-4H3,(H,34,36)(H,35,37). The van der Waals surface area contributed by atoms with Crippen LogP contribution in [0, 0.1) is 0 Å². The fourth-order valence-electron chi connectivity index (χ4n) is 5.51. The van der Waals surface area contributed by atoms with Gasteiger partial charge in [-0.05, 0) is 25.7 Å².